The van der Waals surface area contributed by atoms with E-state index in [1.807, 2.05) is 51.1 Å². The molecule has 2 N–H and O–H groups in total. The van der Waals surface area contributed by atoms with Crippen LogP contribution in [0, 0.1) is 0 Å². The molecule has 3 unspecified atom stereocenters. The van der Waals surface area contributed by atoms with Crippen molar-refractivity contribution in [3.05, 3.63) is 35.9 Å². The summed E-state index contributed by atoms with van der Waals surface area (Å²) < 4.78 is 0. The molecule has 0 aliphatic heterocycles. The number of hydrogen-bond donors (Lipinski definition) is 2. The Labute approximate surface area is 119 Å². The molecule has 3 nitrogen and oxygen atoms in total. The van der Waals surface area contributed by atoms with Gasteiger partial charge in [-0.2, -0.15) is 0 Å². The van der Waals surface area contributed by atoms with Crippen LogP contribution < -0.4 is 5.32 Å². The van der Waals surface area contributed by atoms with Crippen LogP contribution in [0.1, 0.15) is 38.9 Å². The van der Waals surface area contributed by atoms with E-state index in [2.05, 4.69) is 5.32 Å². The summed E-state index contributed by atoms with van der Waals surface area (Å²) >= 11 is 1.48. The predicted octanol–water partition coefficient (Wildman–Crippen LogP) is 2.76. The first-order valence-corrected chi connectivity index (χ1v) is 7.74. The number of nitrogens with one attached hydrogen (secondary N) is 1. The number of carbonyl (C=O) groups excluding carboxylic acids is 1. The Bertz CT molecular complexity index is 383. The van der Waals surface area contributed by atoms with Crippen LogP contribution in [-0.2, 0) is 4.79 Å². The van der Waals surface area contributed by atoms with Crippen LogP contribution in [-0.4, -0.2) is 28.1 Å². The lowest BCUT2D eigenvalue weighted by Gasteiger charge is -2.17. The highest BCUT2D eigenvalue weighted by molar-refractivity contribution is 8.00. The van der Waals surface area contributed by atoms with Crippen molar-refractivity contribution in [3.63, 3.8) is 0 Å². The number of thioether (sulfide) groups is 1. The average molecular weight is 281 g/mol. The molecule has 0 saturated carbocycles. The summed E-state index contributed by atoms with van der Waals surface area (Å²) in [6.07, 6.45) is 0.403. The Kier molecular flexibility index (Phi) is 6.95. The van der Waals surface area contributed by atoms with Crippen molar-refractivity contribution in [2.75, 3.05) is 5.75 Å². The van der Waals surface area contributed by atoms with Crippen molar-refractivity contribution in [1.29, 1.82) is 0 Å². The fourth-order valence-electron chi connectivity index (χ4n) is 1.54. The van der Waals surface area contributed by atoms with Gasteiger partial charge in [0.05, 0.1) is 11.4 Å². The molecule has 1 rings (SSSR count). The van der Waals surface area contributed by atoms with Gasteiger partial charge in [0.2, 0.25) is 5.91 Å². The Morgan fingerprint density at radius 3 is 2.53 bits per heavy atom. The first kappa shape index (κ1) is 16.1. The van der Waals surface area contributed by atoms with Crippen molar-refractivity contribution in [1.82, 2.24) is 5.32 Å². The number of benzene rings is 1. The fourth-order valence-corrected chi connectivity index (χ4v) is 2.43. The van der Waals surface area contributed by atoms with E-state index < -0.39 is 6.10 Å². The summed E-state index contributed by atoms with van der Waals surface area (Å²) in [6.45, 7) is 5.91. The van der Waals surface area contributed by atoms with E-state index in [4.69, 9.17) is 0 Å². The maximum atomic E-state index is 11.8. The first-order valence-electron chi connectivity index (χ1n) is 6.69. The van der Waals surface area contributed by atoms with Crippen molar-refractivity contribution < 1.29 is 9.90 Å². The largest absolute Gasteiger partial charge is 0.388 e. The molecular weight excluding hydrogens is 258 g/mol. The molecule has 1 aromatic rings. The van der Waals surface area contributed by atoms with Crippen molar-refractivity contribution >= 4 is 17.7 Å². The number of rotatable bonds is 7. The second kappa shape index (κ2) is 8.23. The highest BCUT2D eigenvalue weighted by atomic mass is 32.2. The maximum Gasteiger partial charge on any atom is 0.233 e. The van der Waals surface area contributed by atoms with E-state index in [0.717, 1.165) is 12.0 Å². The molecule has 3 atom stereocenters. The second-order valence-electron chi connectivity index (χ2n) is 4.72. The molecule has 4 heteroatoms. The summed E-state index contributed by atoms with van der Waals surface area (Å²) in [5.41, 5.74) is 0.893. The van der Waals surface area contributed by atoms with Crippen LogP contribution in [0.2, 0.25) is 0 Å². The van der Waals surface area contributed by atoms with Crippen LogP contribution in [0.5, 0.6) is 0 Å². The van der Waals surface area contributed by atoms with Gasteiger partial charge in [0.15, 0.2) is 0 Å². The minimum atomic E-state index is -0.523. The van der Waals surface area contributed by atoms with Crippen LogP contribution in [0.15, 0.2) is 30.3 Å². The lowest BCUT2D eigenvalue weighted by atomic mass is 10.1. The van der Waals surface area contributed by atoms with Gasteiger partial charge in [-0.15, -0.1) is 11.8 Å². The number of aliphatic hydroxyl groups is 1. The van der Waals surface area contributed by atoms with Gasteiger partial charge in [0.1, 0.15) is 0 Å². The molecule has 0 aliphatic carbocycles. The SMILES string of the molecule is CCC(C)NC(=O)C(C)SCC(O)c1ccccc1. The van der Waals surface area contributed by atoms with Gasteiger partial charge >= 0.3 is 0 Å². The zero-order valence-corrected chi connectivity index (χ0v) is 12.6. The van der Waals surface area contributed by atoms with Gasteiger partial charge in [0, 0.05) is 11.8 Å². The third kappa shape index (κ3) is 5.66. The standard InChI is InChI=1S/C15H23NO2S/c1-4-11(2)16-15(18)12(3)19-10-14(17)13-8-6-5-7-9-13/h5-9,11-12,14,17H,4,10H2,1-3H3,(H,16,18). The highest BCUT2D eigenvalue weighted by Gasteiger charge is 2.17. The summed E-state index contributed by atoms with van der Waals surface area (Å²) in [5, 5.41) is 12.8. The summed E-state index contributed by atoms with van der Waals surface area (Å²) in [6, 6.07) is 9.73. The Balaban J connectivity index is 2.37. The van der Waals surface area contributed by atoms with Crippen molar-refractivity contribution in [3.8, 4) is 0 Å². The lowest BCUT2D eigenvalue weighted by Crippen LogP contribution is -2.37. The topological polar surface area (TPSA) is 49.3 Å². The van der Waals surface area contributed by atoms with E-state index in [1.165, 1.54) is 11.8 Å². The minimum absolute atomic E-state index is 0.0413. The normalized spacial score (nSPS) is 15.6. The first-order chi connectivity index (χ1) is 9.04. The van der Waals surface area contributed by atoms with Crippen LogP contribution in [0.25, 0.3) is 0 Å². The zero-order valence-electron chi connectivity index (χ0n) is 11.8. The fraction of sp³-hybridized carbons (Fsp3) is 0.533. The van der Waals surface area contributed by atoms with Gasteiger partial charge in [-0.05, 0) is 25.8 Å². The highest BCUT2D eigenvalue weighted by Crippen LogP contribution is 2.21. The Morgan fingerprint density at radius 1 is 1.32 bits per heavy atom. The molecule has 1 aromatic carbocycles. The quantitative estimate of drug-likeness (QED) is 0.808. The molecular formula is C15H23NO2S. The third-order valence-corrected chi connectivity index (χ3v) is 4.28. The maximum absolute atomic E-state index is 11.8. The minimum Gasteiger partial charge on any atom is -0.388 e. The molecule has 0 bridgehead atoms. The third-order valence-electron chi connectivity index (χ3n) is 3.06. The van der Waals surface area contributed by atoms with Crippen LogP contribution in [0.3, 0.4) is 0 Å². The van der Waals surface area contributed by atoms with E-state index in [0.29, 0.717) is 5.75 Å². The van der Waals surface area contributed by atoms with Gasteiger partial charge in [-0.3, -0.25) is 4.79 Å². The van der Waals surface area contributed by atoms with E-state index in [1.54, 1.807) is 0 Å². The van der Waals surface area contributed by atoms with Gasteiger partial charge in [-0.1, -0.05) is 37.3 Å². The van der Waals surface area contributed by atoms with E-state index in [9.17, 15) is 9.90 Å². The van der Waals surface area contributed by atoms with Crippen LogP contribution in [0.4, 0.5) is 0 Å². The zero-order chi connectivity index (χ0) is 14.3. The molecule has 0 radical (unpaired) electrons. The molecule has 0 spiro atoms. The van der Waals surface area contributed by atoms with E-state index >= 15 is 0 Å². The summed E-state index contributed by atoms with van der Waals surface area (Å²) in [5.74, 6) is 0.568. The molecule has 0 aromatic heterocycles. The smallest absolute Gasteiger partial charge is 0.233 e. The monoisotopic (exact) mass is 281 g/mol. The molecule has 0 fully saturated rings. The van der Waals surface area contributed by atoms with Gasteiger partial charge in [0.25, 0.3) is 0 Å². The van der Waals surface area contributed by atoms with Gasteiger partial charge in [-0.25, -0.2) is 0 Å². The van der Waals surface area contributed by atoms with Crippen molar-refractivity contribution in [2.45, 2.75) is 44.6 Å². The Hall–Kier alpha value is -1.00. The number of aliphatic hydroxyl groups excluding tert-OH is 1. The average Bonchev–Trinajstić information content (AvgIpc) is 2.44. The molecule has 0 aliphatic rings. The number of amides is 1. The predicted molar refractivity (Wildman–Crippen MR) is 81.2 cm³/mol. The lowest BCUT2D eigenvalue weighted by molar-refractivity contribution is -0.120. The molecule has 0 heterocycles. The van der Waals surface area contributed by atoms with Gasteiger partial charge < -0.3 is 10.4 Å². The molecule has 19 heavy (non-hydrogen) atoms. The molecule has 106 valence electrons. The number of carbonyl (C=O) groups is 1. The molecule has 1 amide bonds. The number of hydrogen-bond acceptors (Lipinski definition) is 3. The second-order valence-corrected chi connectivity index (χ2v) is 6.09. The Morgan fingerprint density at radius 2 is 1.95 bits per heavy atom. The summed E-state index contributed by atoms with van der Waals surface area (Å²) in [4.78, 5) is 11.8. The summed E-state index contributed by atoms with van der Waals surface area (Å²) in [7, 11) is 0. The van der Waals surface area contributed by atoms with Crippen molar-refractivity contribution in [2.24, 2.45) is 0 Å². The van der Waals surface area contributed by atoms with E-state index in [-0.39, 0.29) is 17.2 Å². The molecule has 0 saturated heterocycles. The van der Waals surface area contributed by atoms with Crippen LogP contribution >= 0.6 is 11.8 Å².